The van der Waals surface area contributed by atoms with Gasteiger partial charge in [-0.05, 0) is 25.0 Å². The van der Waals surface area contributed by atoms with Gasteiger partial charge >= 0.3 is 5.97 Å². The zero-order chi connectivity index (χ0) is 11.3. The number of hydroxylamine groups is 1. The standard InChI is InChI=1S/C12H17NO2/c1-9(2)10(3)13-15-12(14)11-7-5-4-6-8-11/h4-10,13H,1-3H3/t10-/m1/s1. The van der Waals surface area contributed by atoms with Crippen LogP contribution in [0.3, 0.4) is 0 Å². The number of carbonyl (C=O) groups excluding carboxylic acids is 1. The number of hydrogen-bond donors (Lipinski definition) is 1. The Labute approximate surface area is 90.4 Å². The predicted molar refractivity (Wildman–Crippen MR) is 59.3 cm³/mol. The van der Waals surface area contributed by atoms with Crippen LogP contribution in [0.25, 0.3) is 0 Å². The number of benzene rings is 1. The van der Waals surface area contributed by atoms with Crippen LogP contribution in [0.4, 0.5) is 0 Å². The topological polar surface area (TPSA) is 38.3 Å². The summed E-state index contributed by atoms with van der Waals surface area (Å²) in [5.41, 5.74) is 3.29. The maximum absolute atomic E-state index is 11.5. The lowest BCUT2D eigenvalue weighted by atomic mass is 10.1. The molecule has 0 saturated carbocycles. The molecule has 0 aromatic heterocycles. The van der Waals surface area contributed by atoms with Crippen LogP contribution >= 0.6 is 0 Å². The second kappa shape index (κ2) is 5.51. The van der Waals surface area contributed by atoms with Crippen molar-refractivity contribution in [3.63, 3.8) is 0 Å². The minimum atomic E-state index is -0.344. The lowest BCUT2D eigenvalue weighted by Crippen LogP contribution is -2.33. The van der Waals surface area contributed by atoms with Gasteiger partial charge in [-0.15, -0.1) is 5.48 Å². The van der Waals surface area contributed by atoms with Gasteiger partial charge in [0.15, 0.2) is 0 Å². The Morgan fingerprint density at radius 2 is 1.80 bits per heavy atom. The van der Waals surface area contributed by atoms with Crippen LogP contribution in [0.2, 0.25) is 0 Å². The number of carbonyl (C=O) groups is 1. The highest BCUT2D eigenvalue weighted by atomic mass is 16.7. The van der Waals surface area contributed by atoms with E-state index in [9.17, 15) is 4.79 Å². The molecule has 15 heavy (non-hydrogen) atoms. The van der Waals surface area contributed by atoms with Crippen molar-refractivity contribution in [2.75, 3.05) is 0 Å². The average Bonchev–Trinajstić information content (AvgIpc) is 2.26. The molecule has 0 aliphatic rings. The molecule has 1 rings (SSSR count). The second-order valence-electron chi connectivity index (χ2n) is 3.91. The third-order valence-electron chi connectivity index (χ3n) is 2.35. The van der Waals surface area contributed by atoms with Gasteiger partial charge in [0.05, 0.1) is 5.56 Å². The first kappa shape index (κ1) is 11.7. The first-order chi connectivity index (χ1) is 7.11. The molecule has 3 nitrogen and oxygen atoms in total. The summed E-state index contributed by atoms with van der Waals surface area (Å²) in [7, 11) is 0. The lowest BCUT2D eigenvalue weighted by Gasteiger charge is -2.16. The molecule has 0 heterocycles. The van der Waals surface area contributed by atoms with Crippen LogP contribution in [0.1, 0.15) is 31.1 Å². The van der Waals surface area contributed by atoms with E-state index in [0.717, 1.165) is 0 Å². The van der Waals surface area contributed by atoms with Gasteiger partial charge in [0.2, 0.25) is 0 Å². The Bertz CT molecular complexity index is 309. The number of nitrogens with one attached hydrogen (secondary N) is 1. The van der Waals surface area contributed by atoms with Crippen molar-refractivity contribution >= 4 is 5.97 Å². The molecular formula is C12H17NO2. The van der Waals surface area contributed by atoms with Gasteiger partial charge in [-0.1, -0.05) is 32.0 Å². The van der Waals surface area contributed by atoms with E-state index < -0.39 is 0 Å². The third-order valence-corrected chi connectivity index (χ3v) is 2.35. The number of hydrogen-bond acceptors (Lipinski definition) is 3. The highest BCUT2D eigenvalue weighted by molar-refractivity contribution is 5.89. The zero-order valence-electron chi connectivity index (χ0n) is 9.36. The summed E-state index contributed by atoms with van der Waals surface area (Å²) in [4.78, 5) is 16.4. The van der Waals surface area contributed by atoms with Crippen molar-refractivity contribution in [3.05, 3.63) is 35.9 Å². The SMILES string of the molecule is CC(C)[C@@H](C)NOC(=O)c1ccccc1. The molecule has 0 amide bonds. The normalized spacial score (nSPS) is 12.5. The Kier molecular flexibility index (Phi) is 4.31. The largest absolute Gasteiger partial charge is 0.366 e. The molecule has 1 atom stereocenters. The van der Waals surface area contributed by atoms with Crippen LogP contribution in [0.15, 0.2) is 30.3 Å². The Morgan fingerprint density at radius 1 is 1.20 bits per heavy atom. The Balaban J connectivity index is 2.44. The fourth-order valence-electron chi connectivity index (χ4n) is 0.916. The van der Waals surface area contributed by atoms with E-state index in [1.54, 1.807) is 12.1 Å². The van der Waals surface area contributed by atoms with Gasteiger partial charge in [0.1, 0.15) is 0 Å². The molecule has 0 bridgehead atoms. The van der Waals surface area contributed by atoms with Crippen LogP contribution in [-0.2, 0) is 4.84 Å². The maximum Gasteiger partial charge on any atom is 0.356 e. The Morgan fingerprint density at radius 3 is 2.33 bits per heavy atom. The van der Waals surface area contributed by atoms with E-state index in [2.05, 4.69) is 19.3 Å². The molecule has 3 heteroatoms. The van der Waals surface area contributed by atoms with Gasteiger partial charge < -0.3 is 4.84 Å². The van der Waals surface area contributed by atoms with Gasteiger partial charge in [-0.2, -0.15) is 0 Å². The monoisotopic (exact) mass is 207 g/mol. The van der Waals surface area contributed by atoms with Crippen LogP contribution < -0.4 is 5.48 Å². The Hall–Kier alpha value is -1.35. The first-order valence-corrected chi connectivity index (χ1v) is 5.13. The molecule has 0 spiro atoms. The van der Waals surface area contributed by atoms with Crippen molar-refractivity contribution < 1.29 is 9.63 Å². The lowest BCUT2D eigenvalue weighted by molar-refractivity contribution is 0.0125. The molecule has 1 aromatic rings. The fraction of sp³-hybridized carbons (Fsp3) is 0.417. The van der Waals surface area contributed by atoms with Crippen molar-refractivity contribution in [2.45, 2.75) is 26.8 Å². The second-order valence-corrected chi connectivity index (χ2v) is 3.91. The van der Waals surface area contributed by atoms with Crippen LogP contribution in [0, 0.1) is 5.92 Å². The molecule has 0 radical (unpaired) electrons. The predicted octanol–water partition coefficient (Wildman–Crippen LogP) is 2.39. The maximum atomic E-state index is 11.5. The van der Waals surface area contributed by atoms with E-state index in [-0.39, 0.29) is 12.0 Å². The minimum Gasteiger partial charge on any atom is -0.366 e. The van der Waals surface area contributed by atoms with Crippen molar-refractivity contribution in [2.24, 2.45) is 5.92 Å². The van der Waals surface area contributed by atoms with Gasteiger partial charge in [-0.25, -0.2) is 4.79 Å². The molecule has 82 valence electrons. The highest BCUT2D eigenvalue weighted by Gasteiger charge is 2.10. The van der Waals surface area contributed by atoms with Crippen molar-refractivity contribution in [1.29, 1.82) is 0 Å². The van der Waals surface area contributed by atoms with Gasteiger partial charge in [0.25, 0.3) is 0 Å². The molecule has 0 saturated heterocycles. The molecule has 1 N–H and O–H groups in total. The molecular weight excluding hydrogens is 190 g/mol. The van der Waals surface area contributed by atoms with Gasteiger partial charge in [0, 0.05) is 6.04 Å². The summed E-state index contributed by atoms with van der Waals surface area (Å²) in [5, 5.41) is 0. The minimum absolute atomic E-state index is 0.151. The molecule has 0 aliphatic heterocycles. The fourth-order valence-corrected chi connectivity index (χ4v) is 0.916. The third kappa shape index (κ3) is 3.72. The average molecular weight is 207 g/mol. The summed E-state index contributed by atoms with van der Waals surface area (Å²) in [6.07, 6.45) is 0. The summed E-state index contributed by atoms with van der Waals surface area (Å²) in [5.74, 6) is 0.0803. The summed E-state index contributed by atoms with van der Waals surface area (Å²) in [6.45, 7) is 6.10. The molecule has 1 aromatic carbocycles. The van der Waals surface area contributed by atoms with E-state index in [0.29, 0.717) is 11.5 Å². The van der Waals surface area contributed by atoms with E-state index in [1.165, 1.54) is 0 Å². The molecule has 0 fully saturated rings. The van der Waals surface area contributed by atoms with E-state index in [4.69, 9.17) is 4.84 Å². The quantitative estimate of drug-likeness (QED) is 0.770. The summed E-state index contributed by atoms with van der Waals surface area (Å²) >= 11 is 0. The smallest absolute Gasteiger partial charge is 0.356 e. The number of rotatable bonds is 4. The summed E-state index contributed by atoms with van der Waals surface area (Å²) < 4.78 is 0. The zero-order valence-corrected chi connectivity index (χ0v) is 9.36. The van der Waals surface area contributed by atoms with Crippen molar-refractivity contribution in [1.82, 2.24) is 5.48 Å². The summed E-state index contributed by atoms with van der Waals surface area (Å²) in [6, 6.07) is 9.08. The highest BCUT2D eigenvalue weighted by Crippen LogP contribution is 2.03. The first-order valence-electron chi connectivity index (χ1n) is 5.13. The van der Waals surface area contributed by atoms with Crippen LogP contribution in [0.5, 0.6) is 0 Å². The van der Waals surface area contributed by atoms with Crippen LogP contribution in [-0.4, -0.2) is 12.0 Å². The van der Waals surface area contributed by atoms with E-state index >= 15 is 0 Å². The van der Waals surface area contributed by atoms with E-state index in [1.807, 2.05) is 25.1 Å². The van der Waals surface area contributed by atoms with Crippen molar-refractivity contribution in [3.8, 4) is 0 Å². The molecule has 0 unspecified atom stereocenters. The molecule has 0 aliphatic carbocycles. The van der Waals surface area contributed by atoms with Gasteiger partial charge in [-0.3, -0.25) is 0 Å².